The van der Waals surface area contributed by atoms with Gasteiger partial charge in [0.1, 0.15) is 0 Å². The number of hydrogen-bond acceptors (Lipinski definition) is 3. The zero-order chi connectivity index (χ0) is 20.8. The maximum Gasteiger partial charge on any atom is 0.0637 e. The van der Waals surface area contributed by atoms with Gasteiger partial charge in [-0.1, -0.05) is 42.0 Å². The van der Waals surface area contributed by atoms with Gasteiger partial charge in [-0.25, -0.2) is 4.99 Å². The van der Waals surface area contributed by atoms with Crippen molar-refractivity contribution in [1.82, 2.24) is 0 Å². The second kappa shape index (κ2) is 9.10. The minimum atomic E-state index is 0.958. The van der Waals surface area contributed by atoms with Gasteiger partial charge in [0, 0.05) is 24.1 Å². The number of aryl methyl sites for hydroxylation is 1. The number of nitrogens with zero attached hydrogens (tertiary/aromatic N) is 1. The Balaban J connectivity index is 1.40. The van der Waals surface area contributed by atoms with Crippen LogP contribution in [0, 0.1) is 6.92 Å². The van der Waals surface area contributed by atoms with Gasteiger partial charge < -0.3 is 10.6 Å². The number of benzene rings is 3. The van der Waals surface area contributed by atoms with E-state index in [1.54, 1.807) is 0 Å². The van der Waals surface area contributed by atoms with Crippen molar-refractivity contribution in [2.24, 2.45) is 4.99 Å². The summed E-state index contributed by atoms with van der Waals surface area (Å²) in [6, 6.07) is 24.9. The lowest BCUT2D eigenvalue weighted by Gasteiger charge is -2.08. The van der Waals surface area contributed by atoms with Crippen molar-refractivity contribution in [3.63, 3.8) is 0 Å². The Bertz CT molecular complexity index is 1100. The van der Waals surface area contributed by atoms with E-state index in [4.69, 9.17) is 0 Å². The monoisotopic (exact) mass is 391 g/mol. The van der Waals surface area contributed by atoms with Crippen molar-refractivity contribution in [3.8, 4) is 0 Å². The third kappa shape index (κ3) is 5.15. The van der Waals surface area contributed by atoms with Crippen LogP contribution in [-0.2, 0) is 0 Å². The Hall–Kier alpha value is -3.85. The van der Waals surface area contributed by atoms with E-state index in [0.29, 0.717) is 0 Å². The number of rotatable bonds is 5. The van der Waals surface area contributed by atoms with Crippen LogP contribution in [0.1, 0.15) is 11.1 Å². The second-order valence-corrected chi connectivity index (χ2v) is 7.26. The highest BCUT2D eigenvalue weighted by molar-refractivity contribution is 6.07. The summed E-state index contributed by atoms with van der Waals surface area (Å²) in [6.45, 7) is 2.08. The third-order valence-corrected chi connectivity index (χ3v) is 4.89. The Labute approximate surface area is 178 Å². The predicted octanol–water partition coefficient (Wildman–Crippen LogP) is 7.06. The molecule has 0 aromatic heterocycles. The molecule has 1 aliphatic rings. The normalized spacial score (nSPS) is 12.6. The molecule has 4 rings (SSSR count). The fraction of sp³-hybridized carbons (Fsp3) is 0.0741. The Morgan fingerprint density at radius 1 is 0.667 bits per heavy atom. The molecule has 0 atom stereocenters. The molecule has 0 fully saturated rings. The quantitative estimate of drug-likeness (QED) is 0.488. The van der Waals surface area contributed by atoms with Crippen LogP contribution in [0.25, 0.3) is 6.08 Å². The molecule has 0 amide bonds. The molecule has 0 radical (unpaired) electrons. The molecule has 3 nitrogen and oxygen atoms in total. The minimum Gasteiger partial charge on any atom is -0.388 e. The molecule has 3 aromatic carbocycles. The van der Waals surface area contributed by atoms with E-state index < -0.39 is 0 Å². The summed E-state index contributed by atoms with van der Waals surface area (Å²) in [5.41, 5.74) is 8.72. The van der Waals surface area contributed by atoms with E-state index in [9.17, 15) is 0 Å². The number of allylic oxidation sites excluding steroid dienone is 5. The maximum atomic E-state index is 4.67. The van der Waals surface area contributed by atoms with E-state index in [0.717, 1.165) is 39.6 Å². The molecule has 3 heteroatoms. The van der Waals surface area contributed by atoms with Crippen molar-refractivity contribution in [2.75, 3.05) is 17.7 Å². The van der Waals surface area contributed by atoms with Gasteiger partial charge in [-0.2, -0.15) is 0 Å². The fourth-order valence-electron chi connectivity index (χ4n) is 3.16. The number of hydrogen-bond donors (Lipinski definition) is 2. The standard InChI is InChI=1S/C27H25N3/c1-20-3-9-24(10-4-20)29-25-11-5-21(6-12-25)19-22-7-13-26(14-8-22)30-27-17-15-23(28-2)16-18-27/h3-19,28,30H,1-2H3. The topological polar surface area (TPSA) is 36.4 Å². The Kier molecular flexibility index (Phi) is 5.90. The van der Waals surface area contributed by atoms with Gasteiger partial charge in [0.25, 0.3) is 0 Å². The average Bonchev–Trinajstić information content (AvgIpc) is 2.78. The molecule has 30 heavy (non-hydrogen) atoms. The summed E-state index contributed by atoms with van der Waals surface area (Å²) in [7, 11) is 1.92. The van der Waals surface area contributed by atoms with Gasteiger partial charge in [0.15, 0.2) is 0 Å². The molecule has 0 spiro atoms. The molecule has 0 saturated heterocycles. The predicted molar refractivity (Wildman–Crippen MR) is 130 cm³/mol. The molecule has 0 unspecified atom stereocenters. The maximum absolute atomic E-state index is 4.67. The van der Waals surface area contributed by atoms with Gasteiger partial charge in [-0.3, -0.25) is 0 Å². The van der Waals surface area contributed by atoms with Gasteiger partial charge >= 0.3 is 0 Å². The minimum absolute atomic E-state index is 0.958. The second-order valence-electron chi connectivity index (χ2n) is 7.26. The number of anilines is 3. The van der Waals surface area contributed by atoms with Crippen LogP contribution in [0.3, 0.4) is 0 Å². The molecule has 1 aliphatic carbocycles. The highest BCUT2D eigenvalue weighted by Crippen LogP contribution is 2.21. The highest BCUT2D eigenvalue weighted by atomic mass is 14.9. The van der Waals surface area contributed by atoms with E-state index in [-0.39, 0.29) is 0 Å². The van der Waals surface area contributed by atoms with Crippen molar-refractivity contribution in [1.29, 1.82) is 0 Å². The Morgan fingerprint density at radius 2 is 1.23 bits per heavy atom. The van der Waals surface area contributed by atoms with Crippen molar-refractivity contribution < 1.29 is 0 Å². The van der Waals surface area contributed by atoms with E-state index >= 15 is 0 Å². The van der Waals surface area contributed by atoms with Gasteiger partial charge in [0.2, 0.25) is 0 Å². The SMILES string of the molecule is CNc1ccc(Nc2ccc(C=C3C=CC(=Nc4ccc(C)cc4)C=C3)cc2)cc1. The van der Waals surface area contributed by atoms with Crippen LogP contribution < -0.4 is 10.6 Å². The van der Waals surface area contributed by atoms with Crippen LogP contribution in [0.4, 0.5) is 22.7 Å². The lowest BCUT2D eigenvalue weighted by molar-refractivity contribution is 1.43. The van der Waals surface area contributed by atoms with Crippen molar-refractivity contribution >= 4 is 34.5 Å². The van der Waals surface area contributed by atoms with E-state index in [1.807, 2.05) is 19.2 Å². The van der Waals surface area contributed by atoms with Crippen molar-refractivity contribution in [3.05, 3.63) is 114 Å². The molecule has 148 valence electrons. The molecule has 3 aromatic rings. The van der Waals surface area contributed by atoms with Gasteiger partial charge in [-0.05, 0) is 84.8 Å². The summed E-state index contributed by atoms with van der Waals surface area (Å²) < 4.78 is 0. The lowest BCUT2D eigenvalue weighted by atomic mass is 10.0. The highest BCUT2D eigenvalue weighted by Gasteiger charge is 2.00. The molecule has 0 bridgehead atoms. The van der Waals surface area contributed by atoms with Crippen LogP contribution >= 0.6 is 0 Å². The molecule has 2 N–H and O–H groups in total. The smallest absolute Gasteiger partial charge is 0.0637 e. The van der Waals surface area contributed by atoms with E-state index in [2.05, 4.69) is 114 Å². The first-order chi connectivity index (χ1) is 14.7. The van der Waals surface area contributed by atoms with Crippen molar-refractivity contribution in [2.45, 2.75) is 6.92 Å². The zero-order valence-electron chi connectivity index (χ0n) is 17.3. The summed E-state index contributed by atoms with van der Waals surface area (Å²) in [6.07, 6.45) is 10.5. The summed E-state index contributed by atoms with van der Waals surface area (Å²) in [5, 5.41) is 6.55. The summed E-state index contributed by atoms with van der Waals surface area (Å²) in [5.74, 6) is 0. The molecule has 0 aliphatic heterocycles. The zero-order valence-corrected chi connectivity index (χ0v) is 17.3. The first-order valence-electron chi connectivity index (χ1n) is 10.1. The van der Waals surface area contributed by atoms with Gasteiger partial charge in [-0.15, -0.1) is 0 Å². The number of nitrogens with one attached hydrogen (secondary N) is 2. The molecule has 0 heterocycles. The first-order valence-corrected chi connectivity index (χ1v) is 10.1. The fourth-order valence-corrected chi connectivity index (χ4v) is 3.16. The van der Waals surface area contributed by atoms with Crippen LogP contribution in [0.2, 0.25) is 0 Å². The Morgan fingerprint density at radius 3 is 1.83 bits per heavy atom. The van der Waals surface area contributed by atoms with Crippen LogP contribution in [-0.4, -0.2) is 12.8 Å². The molecular weight excluding hydrogens is 366 g/mol. The first kappa shape index (κ1) is 19.5. The summed E-state index contributed by atoms with van der Waals surface area (Å²) in [4.78, 5) is 4.67. The van der Waals surface area contributed by atoms with Crippen LogP contribution in [0.15, 0.2) is 108 Å². The van der Waals surface area contributed by atoms with E-state index in [1.165, 1.54) is 5.56 Å². The van der Waals surface area contributed by atoms with Crippen LogP contribution in [0.5, 0.6) is 0 Å². The number of aliphatic imine (C=N–C) groups is 1. The third-order valence-electron chi connectivity index (χ3n) is 4.89. The summed E-state index contributed by atoms with van der Waals surface area (Å²) >= 11 is 0. The molecular formula is C27H25N3. The average molecular weight is 392 g/mol. The van der Waals surface area contributed by atoms with Gasteiger partial charge in [0.05, 0.1) is 11.4 Å². The lowest BCUT2D eigenvalue weighted by Crippen LogP contribution is -1.93. The largest absolute Gasteiger partial charge is 0.388 e. The molecule has 0 saturated carbocycles.